The summed E-state index contributed by atoms with van der Waals surface area (Å²) in [6, 6.07) is 10.7. The number of rotatable bonds is 7. The molecule has 8 heteroatoms. The molecule has 2 aliphatic heterocycles. The number of benzene rings is 2. The second kappa shape index (κ2) is 10.7. The van der Waals surface area contributed by atoms with Crippen LogP contribution in [0, 0.1) is 5.82 Å². The topological polar surface area (TPSA) is 56.3 Å². The zero-order valence-electron chi connectivity index (χ0n) is 19.9. The summed E-state index contributed by atoms with van der Waals surface area (Å²) in [5.41, 5.74) is 3.93. The third-order valence-electron chi connectivity index (χ3n) is 6.63. The van der Waals surface area contributed by atoms with Crippen molar-refractivity contribution in [1.29, 1.82) is 0 Å². The fraction of sp³-hybridized carbons (Fsp3) is 0.333. The summed E-state index contributed by atoms with van der Waals surface area (Å²) in [7, 11) is 2.18. The van der Waals surface area contributed by atoms with Crippen molar-refractivity contribution in [2.24, 2.45) is 0 Å². The Labute approximate surface area is 210 Å². The van der Waals surface area contributed by atoms with E-state index in [4.69, 9.17) is 11.6 Å². The normalized spacial score (nSPS) is 17.1. The van der Waals surface area contributed by atoms with E-state index in [1.54, 1.807) is 18.5 Å². The van der Waals surface area contributed by atoms with Gasteiger partial charge in [-0.25, -0.2) is 14.4 Å². The first-order valence-electron chi connectivity index (χ1n) is 12.1. The van der Waals surface area contributed by atoms with Gasteiger partial charge in [0.15, 0.2) is 0 Å². The summed E-state index contributed by atoms with van der Waals surface area (Å²) in [4.78, 5) is 13.9. The number of halogens is 2. The van der Waals surface area contributed by atoms with E-state index in [1.165, 1.54) is 6.07 Å². The average Bonchev–Trinajstić information content (AvgIpc) is 2.89. The second-order valence-electron chi connectivity index (χ2n) is 9.08. The first-order chi connectivity index (χ1) is 17.1. The Morgan fingerprint density at radius 2 is 1.94 bits per heavy atom. The summed E-state index contributed by atoms with van der Waals surface area (Å²) >= 11 is 6.18. The van der Waals surface area contributed by atoms with E-state index in [2.05, 4.69) is 43.5 Å². The van der Waals surface area contributed by atoms with Gasteiger partial charge in [0.1, 0.15) is 18.0 Å². The highest BCUT2D eigenvalue weighted by molar-refractivity contribution is 6.30. The van der Waals surface area contributed by atoms with E-state index in [9.17, 15) is 4.39 Å². The van der Waals surface area contributed by atoms with Gasteiger partial charge < -0.3 is 20.4 Å². The molecule has 5 rings (SSSR count). The molecule has 0 amide bonds. The molecule has 6 nitrogen and oxygen atoms in total. The van der Waals surface area contributed by atoms with E-state index in [0.29, 0.717) is 17.1 Å². The molecule has 1 fully saturated rings. The number of aromatic nitrogens is 2. The van der Waals surface area contributed by atoms with Crippen molar-refractivity contribution in [2.75, 3.05) is 58.2 Å². The third-order valence-corrected chi connectivity index (χ3v) is 6.87. The molecule has 182 valence electrons. The van der Waals surface area contributed by atoms with E-state index >= 15 is 0 Å². The quantitative estimate of drug-likeness (QED) is 0.474. The number of dihydropyridines is 1. The van der Waals surface area contributed by atoms with Crippen LogP contribution < -0.4 is 10.6 Å². The Bertz CT molecular complexity index is 1270. The number of piperazine rings is 1. The molecule has 3 heterocycles. The maximum Gasteiger partial charge on any atom is 0.137 e. The maximum absolute atomic E-state index is 14.7. The van der Waals surface area contributed by atoms with Gasteiger partial charge in [0.05, 0.1) is 11.2 Å². The second-order valence-corrected chi connectivity index (χ2v) is 9.51. The van der Waals surface area contributed by atoms with Gasteiger partial charge in [0, 0.05) is 60.8 Å². The van der Waals surface area contributed by atoms with Crippen LogP contribution in [0.2, 0.25) is 5.02 Å². The zero-order valence-corrected chi connectivity index (χ0v) is 20.7. The van der Waals surface area contributed by atoms with Gasteiger partial charge in [0.25, 0.3) is 0 Å². The number of allylic oxidation sites excluding steroid dienone is 2. The molecule has 0 spiro atoms. The SMILES string of the molecule is CN1CCN(CCCNc2ncnc3ccc(C4=C(c5cc(Cl)ccc5F)NCC=C4)cc23)CC1. The molecule has 0 bridgehead atoms. The van der Waals surface area contributed by atoms with Crippen molar-refractivity contribution >= 4 is 39.6 Å². The highest BCUT2D eigenvalue weighted by Gasteiger charge is 2.17. The van der Waals surface area contributed by atoms with Gasteiger partial charge in [0.2, 0.25) is 0 Å². The minimum Gasteiger partial charge on any atom is -0.380 e. The van der Waals surface area contributed by atoms with E-state index < -0.39 is 0 Å². The molecule has 2 aromatic carbocycles. The third kappa shape index (κ3) is 5.48. The standard InChI is InChI=1S/C27H30ClFN6/c1-34-12-14-35(15-13-34)11-3-10-31-27-23-16-19(5-8-25(23)32-18-33-27)21-4-2-9-30-26(21)22-17-20(28)6-7-24(22)29/h2,4-8,16-18,30H,3,9-15H2,1H3,(H,31,32,33). The van der Waals surface area contributed by atoms with Crippen molar-refractivity contribution in [1.82, 2.24) is 25.1 Å². The Balaban J connectivity index is 1.38. The number of likely N-dealkylation sites (N-methyl/N-ethyl adjacent to an activating group) is 1. The minimum atomic E-state index is -0.309. The van der Waals surface area contributed by atoms with Crippen LogP contribution in [0.25, 0.3) is 22.2 Å². The van der Waals surface area contributed by atoms with Crippen molar-refractivity contribution in [3.63, 3.8) is 0 Å². The van der Waals surface area contributed by atoms with Crippen molar-refractivity contribution in [2.45, 2.75) is 6.42 Å². The van der Waals surface area contributed by atoms with Gasteiger partial charge in [-0.15, -0.1) is 0 Å². The summed E-state index contributed by atoms with van der Waals surface area (Å²) < 4.78 is 14.7. The Kier molecular flexibility index (Phi) is 7.27. The van der Waals surface area contributed by atoms with Crippen LogP contribution in [0.5, 0.6) is 0 Å². The first-order valence-corrected chi connectivity index (χ1v) is 12.5. The molecule has 0 saturated carbocycles. The lowest BCUT2D eigenvalue weighted by Crippen LogP contribution is -2.44. The van der Waals surface area contributed by atoms with Crippen molar-refractivity contribution in [3.05, 3.63) is 76.8 Å². The lowest BCUT2D eigenvalue weighted by molar-refractivity contribution is 0.154. The number of hydrogen-bond donors (Lipinski definition) is 2. The first kappa shape index (κ1) is 23.7. The van der Waals surface area contributed by atoms with Crippen LogP contribution in [0.1, 0.15) is 17.5 Å². The van der Waals surface area contributed by atoms with E-state index in [-0.39, 0.29) is 5.82 Å². The van der Waals surface area contributed by atoms with Crippen LogP contribution in [0.15, 0.2) is 54.9 Å². The van der Waals surface area contributed by atoms with E-state index in [0.717, 1.165) is 79.2 Å². The molecule has 0 radical (unpaired) electrons. The molecule has 2 N–H and O–H groups in total. The number of nitrogens with one attached hydrogen (secondary N) is 2. The van der Waals surface area contributed by atoms with Crippen LogP contribution in [-0.2, 0) is 0 Å². The van der Waals surface area contributed by atoms with Gasteiger partial charge >= 0.3 is 0 Å². The highest BCUT2D eigenvalue weighted by Crippen LogP contribution is 2.33. The Morgan fingerprint density at radius 3 is 2.80 bits per heavy atom. The summed E-state index contributed by atoms with van der Waals surface area (Å²) in [5.74, 6) is 0.510. The number of anilines is 1. The highest BCUT2D eigenvalue weighted by atomic mass is 35.5. The van der Waals surface area contributed by atoms with Gasteiger partial charge in [-0.05, 0) is 55.9 Å². The van der Waals surface area contributed by atoms with Crippen molar-refractivity contribution in [3.8, 4) is 0 Å². The number of fused-ring (bicyclic) bond motifs is 1. The number of nitrogens with zero attached hydrogens (tertiary/aromatic N) is 4. The maximum atomic E-state index is 14.7. The van der Waals surface area contributed by atoms with Gasteiger partial charge in [-0.1, -0.05) is 29.8 Å². The molecule has 35 heavy (non-hydrogen) atoms. The molecule has 0 unspecified atom stereocenters. The lowest BCUT2D eigenvalue weighted by atomic mass is 9.95. The van der Waals surface area contributed by atoms with Gasteiger partial charge in [-0.2, -0.15) is 0 Å². The molecule has 1 aromatic heterocycles. The summed E-state index contributed by atoms with van der Waals surface area (Å²) in [6.45, 7) is 7.06. The lowest BCUT2D eigenvalue weighted by Gasteiger charge is -2.32. The smallest absolute Gasteiger partial charge is 0.137 e. The molecule has 0 atom stereocenters. The fourth-order valence-corrected chi connectivity index (χ4v) is 4.80. The molecule has 1 saturated heterocycles. The molecular weight excluding hydrogens is 463 g/mol. The summed E-state index contributed by atoms with van der Waals surface area (Å²) in [6.07, 6.45) is 6.70. The van der Waals surface area contributed by atoms with Crippen LogP contribution in [0.4, 0.5) is 10.2 Å². The average molecular weight is 493 g/mol. The Morgan fingerprint density at radius 1 is 1.09 bits per heavy atom. The predicted molar refractivity (Wildman–Crippen MR) is 142 cm³/mol. The molecule has 3 aromatic rings. The Hall–Kier alpha value is -3.00. The predicted octanol–water partition coefficient (Wildman–Crippen LogP) is 4.50. The van der Waals surface area contributed by atoms with E-state index in [1.807, 2.05) is 24.3 Å². The monoisotopic (exact) mass is 492 g/mol. The molecular formula is C27H30ClFN6. The summed E-state index contributed by atoms with van der Waals surface area (Å²) in [5, 5.41) is 8.29. The largest absolute Gasteiger partial charge is 0.380 e. The molecule has 0 aliphatic carbocycles. The number of hydrogen-bond acceptors (Lipinski definition) is 6. The minimum absolute atomic E-state index is 0.309. The van der Waals surface area contributed by atoms with Crippen LogP contribution in [0.3, 0.4) is 0 Å². The fourth-order valence-electron chi connectivity index (χ4n) is 4.63. The molecule has 2 aliphatic rings. The van der Waals surface area contributed by atoms with Crippen LogP contribution in [-0.4, -0.2) is 72.6 Å². The zero-order chi connectivity index (χ0) is 24.2. The van der Waals surface area contributed by atoms with Crippen molar-refractivity contribution < 1.29 is 4.39 Å². The van der Waals surface area contributed by atoms with Crippen LogP contribution >= 0.6 is 11.6 Å². The van der Waals surface area contributed by atoms with Gasteiger partial charge in [-0.3, -0.25) is 0 Å².